The first-order valence-electron chi connectivity index (χ1n) is 8.10. The molecule has 1 aromatic carbocycles. The Balaban J connectivity index is 2.16. The molecule has 0 fully saturated rings. The van der Waals surface area contributed by atoms with Crippen LogP contribution in [-0.4, -0.2) is 35.6 Å². The fourth-order valence-electron chi connectivity index (χ4n) is 2.28. The Labute approximate surface area is 142 Å². The first kappa shape index (κ1) is 17.8. The number of benzene rings is 1. The van der Waals surface area contributed by atoms with Gasteiger partial charge in [-0.05, 0) is 52.0 Å². The van der Waals surface area contributed by atoms with Gasteiger partial charge in [0.2, 0.25) is 5.89 Å². The van der Waals surface area contributed by atoms with Gasteiger partial charge in [-0.2, -0.15) is 0 Å². The Bertz CT molecular complexity index is 677. The Kier molecular flexibility index (Phi) is 5.84. The maximum absolute atomic E-state index is 12.2. The lowest BCUT2D eigenvalue weighted by atomic mass is 10.2. The minimum absolute atomic E-state index is 0.0964. The topological polar surface area (TPSA) is 67.6 Å². The summed E-state index contributed by atoms with van der Waals surface area (Å²) in [5.74, 6) is 2.05. The number of aromatic nitrogens is 1. The summed E-state index contributed by atoms with van der Waals surface area (Å²) < 4.78 is 10.9. The molecule has 0 aliphatic carbocycles. The molecule has 1 heterocycles. The van der Waals surface area contributed by atoms with Crippen LogP contribution in [0.4, 0.5) is 4.79 Å². The Hall–Kier alpha value is -2.50. The van der Waals surface area contributed by atoms with Crippen molar-refractivity contribution in [2.45, 2.75) is 40.3 Å². The number of urea groups is 1. The number of ether oxygens (including phenoxy) is 1. The van der Waals surface area contributed by atoms with Crippen LogP contribution in [0.5, 0.6) is 5.75 Å². The van der Waals surface area contributed by atoms with Crippen LogP contribution in [-0.2, 0) is 6.54 Å². The molecular weight excluding hydrogens is 306 g/mol. The van der Waals surface area contributed by atoms with E-state index < -0.39 is 0 Å². The van der Waals surface area contributed by atoms with Crippen molar-refractivity contribution in [3.8, 4) is 17.2 Å². The van der Waals surface area contributed by atoms with Crippen molar-refractivity contribution in [3.63, 3.8) is 0 Å². The average molecular weight is 331 g/mol. The van der Waals surface area contributed by atoms with Gasteiger partial charge in [0, 0.05) is 18.2 Å². The molecule has 2 amide bonds. The molecule has 0 saturated heterocycles. The SMILES string of the molecule is CCN(Cc1nc(-c2ccc(OC)cc2)oc1C)C(=O)NC(C)C. The molecule has 1 N–H and O–H groups in total. The predicted molar refractivity (Wildman–Crippen MR) is 93.0 cm³/mol. The van der Waals surface area contributed by atoms with Crippen LogP contribution >= 0.6 is 0 Å². The van der Waals surface area contributed by atoms with Crippen LogP contribution < -0.4 is 10.1 Å². The minimum Gasteiger partial charge on any atom is -0.497 e. The summed E-state index contributed by atoms with van der Waals surface area (Å²) in [4.78, 5) is 18.5. The molecule has 0 bridgehead atoms. The second-order valence-electron chi connectivity index (χ2n) is 5.87. The molecule has 2 rings (SSSR count). The summed E-state index contributed by atoms with van der Waals surface area (Å²) in [5.41, 5.74) is 1.64. The summed E-state index contributed by atoms with van der Waals surface area (Å²) in [6, 6.07) is 7.53. The van der Waals surface area contributed by atoms with Crippen molar-refractivity contribution >= 4 is 6.03 Å². The van der Waals surface area contributed by atoms with E-state index in [1.807, 2.05) is 52.0 Å². The Morgan fingerprint density at radius 3 is 2.54 bits per heavy atom. The molecule has 24 heavy (non-hydrogen) atoms. The lowest BCUT2D eigenvalue weighted by Crippen LogP contribution is -2.42. The lowest BCUT2D eigenvalue weighted by Gasteiger charge is -2.21. The first-order valence-corrected chi connectivity index (χ1v) is 8.10. The summed E-state index contributed by atoms with van der Waals surface area (Å²) in [6.45, 7) is 8.70. The van der Waals surface area contributed by atoms with Crippen molar-refractivity contribution in [1.82, 2.24) is 15.2 Å². The number of oxazole rings is 1. The zero-order chi connectivity index (χ0) is 17.7. The zero-order valence-electron chi connectivity index (χ0n) is 14.9. The van der Waals surface area contributed by atoms with Crippen LogP contribution in [0.15, 0.2) is 28.7 Å². The van der Waals surface area contributed by atoms with Crippen LogP contribution in [0.1, 0.15) is 32.2 Å². The third-order valence-corrected chi connectivity index (χ3v) is 3.65. The average Bonchev–Trinajstić information content (AvgIpc) is 2.92. The number of aryl methyl sites for hydroxylation is 1. The van der Waals surface area contributed by atoms with E-state index in [2.05, 4.69) is 10.3 Å². The van der Waals surface area contributed by atoms with Crippen LogP contribution in [0.3, 0.4) is 0 Å². The molecule has 0 atom stereocenters. The minimum atomic E-state index is -0.0964. The standard InChI is InChI=1S/C18H25N3O3/c1-6-21(18(22)19-12(2)3)11-16-13(4)24-17(20-16)14-7-9-15(23-5)10-8-14/h7-10,12H,6,11H2,1-5H3,(H,19,22). The van der Waals surface area contributed by atoms with Crippen molar-refractivity contribution < 1.29 is 13.9 Å². The third-order valence-electron chi connectivity index (χ3n) is 3.65. The molecular formula is C18H25N3O3. The molecule has 6 heteroatoms. The number of hydrogen-bond acceptors (Lipinski definition) is 4. The van der Waals surface area contributed by atoms with Gasteiger partial charge >= 0.3 is 6.03 Å². The van der Waals surface area contributed by atoms with E-state index in [-0.39, 0.29) is 12.1 Å². The molecule has 0 radical (unpaired) electrons. The van der Waals surface area contributed by atoms with E-state index in [1.54, 1.807) is 12.0 Å². The van der Waals surface area contributed by atoms with Crippen LogP contribution in [0, 0.1) is 6.92 Å². The monoisotopic (exact) mass is 331 g/mol. The van der Waals surface area contributed by atoms with Gasteiger partial charge in [-0.25, -0.2) is 9.78 Å². The number of hydrogen-bond donors (Lipinski definition) is 1. The highest BCUT2D eigenvalue weighted by molar-refractivity contribution is 5.74. The molecule has 0 unspecified atom stereocenters. The molecule has 0 spiro atoms. The number of methoxy groups -OCH3 is 1. The van der Waals surface area contributed by atoms with Crippen molar-refractivity contribution in [2.75, 3.05) is 13.7 Å². The number of nitrogens with zero attached hydrogens (tertiary/aromatic N) is 2. The summed E-state index contributed by atoms with van der Waals surface area (Å²) in [5, 5.41) is 2.90. The number of amides is 2. The van der Waals surface area contributed by atoms with E-state index in [0.29, 0.717) is 19.0 Å². The van der Waals surface area contributed by atoms with Crippen molar-refractivity contribution in [1.29, 1.82) is 0 Å². The van der Waals surface area contributed by atoms with Crippen LogP contribution in [0.2, 0.25) is 0 Å². The molecule has 0 aliphatic heterocycles. The molecule has 0 saturated carbocycles. The van der Waals surface area contributed by atoms with Gasteiger partial charge in [-0.1, -0.05) is 0 Å². The number of carbonyl (C=O) groups is 1. The van der Waals surface area contributed by atoms with Gasteiger partial charge in [0.05, 0.1) is 13.7 Å². The summed E-state index contributed by atoms with van der Waals surface area (Å²) in [7, 11) is 1.63. The molecule has 0 aliphatic rings. The van der Waals surface area contributed by atoms with E-state index >= 15 is 0 Å². The van der Waals surface area contributed by atoms with Gasteiger partial charge in [0.1, 0.15) is 17.2 Å². The second kappa shape index (κ2) is 7.86. The molecule has 2 aromatic rings. The summed E-state index contributed by atoms with van der Waals surface area (Å²) in [6.07, 6.45) is 0. The fraction of sp³-hybridized carbons (Fsp3) is 0.444. The van der Waals surface area contributed by atoms with E-state index in [4.69, 9.17) is 9.15 Å². The molecule has 130 valence electrons. The molecule has 6 nitrogen and oxygen atoms in total. The predicted octanol–water partition coefficient (Wildman–Crippen LogP) is 3.60. The highest BCUT2D eigenvalue weighted by Crippen LogP contribution is 2.24. The van der Waals surface area contributed by atoms with Gasteiger partial charge in [0.25, 0.3) is 0 Å². The Morgan fingerprint density at radius 1 is 1.33 bits per heavy atom. The first-order chi connectivity index (χ1) is 11.4. The fourth-order valence-corrected chi connectivity index (χ4v) is 2.28. The highest BCUT2D eigenvalue weighted by atomic mass is 16.5. The maximum atomic E-state index is 12.2. The van der Waals surface area contributed by atoms with Gasteiger partial charge < -0.3 is 19.4 Å². The normalized spacial score (nSPS) is 10.8. The smallest absolute Gasteiger partial charge is 0.317 e. The van der Waals surface area contributed by atoms with Gasteiger partial charge in [-0.15, -0.1) is 0 Å². The van der Waals surface area contributed by atoms with E-state index in [9.17, 15) is 4.79 Å². The quantitative estimate of drug-likeness (QED) is 0.878. The zero-order valence-corrected chi connectivity index (χ0v) is 14.9. The maximum Gasteiger partial charge on any atom is 0.317 e. The number of rotatable bonds is 6. The van der Waals surface area contributed by atoms with E-state index in [1.165, 1.54) is 0 Å². The third kappa shape index (κ3) is 4.28. The number of carbonyl (C=O) groups excluding carboxylic acids is 1. The largest absolute Gasteiger partial charge is 0.497 e. The molecule has 1 aromatic heterocycles. The summed E-state index contributed by atoms with van der Waals surface area (Å²) >= 11 is 0. The van der Waals surface area contributed by atoms with Gasteiger partial charge in [0.15, 0.2) is 0 Å². The van der Waals surface area contributed by atoms with Crippen LogP contribution in [0.25, 0.3) is 11.5 Å². The highest BCUT2D eigenvalue weighted by Gasteiger charge is 2.18. The number of nitrogens with one attached hydrogen (secondary N) is 1. The van der Waals surface area contributed by atoms with Crippen molar-refractivity contribution in [2.24, 2.45) is 0 Å². The second-order valence-corrected chi connectivity index (χ2v) is 5.87. The van der Waals surface area contributed by atoms with Gasteiger partial charge in [-0.3, -0.25) is 0 Å². The van der Waals surface area contributed by atoms with E-state index in [0.717, 1.165) is 22.8 Å². The lowest BCUT2D eigenvalue weighted by molar-refractivity contribution is 0.194. The van der Waals surface area contributed by atoms with Crippen molar-refractivity contribution in [3.05, 3.63) is 35.7 Å². The Morgan fingerprint density at radius 2 is 2.00 bits per heavy atom.